The molecule has 0 fully saturated rings. The van der Waals surface area contributed by atoms with E-state index in [1.54, 1.807) is 33.5 Å². The lowest BCUT2D eigenvalue weighted by Gasteiger charge is -2.14. The number of anilines is 1. The summed E-state index contributed by atoms with van der Waals surface area (Å²) < 4.78 is 16.9. The Morgan fingerprint density at radius 1 is 1.08 bits per heavy atom. The first-order valence-corrected chi connectivity index (χ1v) is 8.65. The van der Waals surface area contributed by atoms with Crippen LogP contribution in [0.5, 0.6) is 17.2 Å². The number of nitrogens with one attached hydrogen (secondary N) is 2. The van der Waals surface area contributed by atoms with Crippen molar-refractivity contribution in [3.63, 3.8) is 0 Å². The van der Waals surface area contributed by atoms with Gasteiger partial charge < -0.3 is 19.5 Å². The van der Waals surface area contributed by atoms with Crippen LogP contribution < -0.4 is 24.8 Å². The number of hydrogen-bond acceptors (Lipinski definition) is 6. The summed E-state index contributed by atoms with van der Waals surface area (Å²) >= 11 is 1.42. The van der Waals surface area contributed by atoms with Crippen molar-refractivity contribution in [2.24, 2.45) is 0 Å². The first-order chi connectivity index (χ1) is 12.6. The number of methoxy groups -OCH3 is 3. The van der Waals surface area contributed by atoms with Crippen LogP contribution in [0.3, 0.4) is 0 Å². The van der Waals surface area contributed by atoms with E-state index in [1.807, 2.05) is 24.3 Å². The molecule has 1 heterocycles. The highest BCUT2D eigenvalue weighted by atomic mass is 32.1. The zero-order chi connectivity index (χ0) is 18.5. The summed E-state index contributed by atoms with van der Waals surface area (Å²) in [5.74, 6) is 1.59. The van der Waals surface area contributed by atoms with Crippen LogP contribution in [0.15, 0.2) is 36.4 Å². The minimum Gasteiger partial charge on any atom is -0.493 e. The SMILES string of the molecule is COc1cc(CNC(=O)Nc2nc3ccccc3s2)cc(OC)c1OC. The predicted molar refractivity (Wildman–Crippen MR) is 102 cm³/mol. The van der Waals surface area contributed by atoms with Crippen LogP contribution in [0.25, 0.3) is 10.2 Å². The molecule has 2 aromatic carbocycles. The molecule has 136 valence electrons. The van der Waals surface area contributed by atoms with Crippen LogP contribution >= 0.6 is 11.3 Å². The molecule has 0 spiro atoms. The quantitative estimate of drug-likeness (QED) is 0.689. The molecule has 2 N–H and O–H groups in total. The Hall–Kier alpha value is -3.00. The predicted octanol–water partition coefficient (Wildman–Crippen LogP) is 3.64. The van der Waals surface area contributed by atoms with Crippen molar-refractivity contribution >= 4 is 32.7 Å². The molecule has 0 radical (unpaired) electrons. The van der Waals surface area contributed by atoms with Crippen LogP contribution in [-0.4, -0.2) is 32.3 Å². The highest BCUT2D eigenvalue weighted by molar-refractivity contribution is 7.22. The van der Waals surface area contributed by atoms with E-state index in [2.05, 4.69) is 15.6 Å². The molecule has 0 atom stereocenters. The number of hydrogen-bond donors (Lipinski definition) is 2. The zero-order valence-electron chi connectivity index (χ0n) is 14.7. The monoisotopic (exact) mass is 373 g/mol. The number of carbonyl (C=O) groups is 1. The van der Waals surface area contributed by atoms with Gasteiger partial charge in [-0.25, -0.2) is 9.78 Å². The Morgan fingerprint density at radius 2 is 1.77 bits per heavy atom. The lowest BCUT2D eigenvalue weighted by Crippen LogP contribution is -2.28. The van der Waals surface area contributed by atoms with Crippen molar-refractivity contribution in [2.75, 3.05) is 26.6 Å². The molecule has 8 heteroatoms. The number of benzene rings is 2. The maximum atomic E-state index is 12.2. The van der Waals surface area contributed by atoms with Crippen molar-refractivity contribution in [1.82, 2.24) is 10.3 Å². The highest BCUT2D eigenvalue weighted by Gasteiger charge is 2.14. The number of ether oxygens (including phenoxy) is 3. The molecule has 3 rings (SSSR count). The second-order valence-electron chi connectivity index (χ2n) is 5.33. The van der Waals surface area contributed by atoms with E-state index in [-0.39, 0.29) is 6.03 Å². The molecular formula is C18H19N3O4S. The van der Waals surface area contributed by atoms with Crippen LogP contribution in [-0.2, 0) is 6.54 Å². The molecule has 2 amide bonds. The summed E-state index contributed by atoms with van der Waals surface area (Å²) in [6.45, 7) is 0.299. The molecule has 3 aromatic rings. The Balaban J connectivity index is 1.67. The van der Waals surface area contributed by atoms with Gasteiger partial charge >= 0.3 is 6.03 Å². The third-order valence-corrected chi connectivity index (χ3v) is 4.64. The molecule has 0 saturated carbocycles. The minimum absolute atomic E-state index is 0.299. The molecule has 0 saturated heterocycles. The molecule has 0 bridgehead atoms. The number of rotatable bonds is 6. The standard InChI is InChI=1S/C18H19N3O4S/c1-23-13-8-11(9-14(24-2)16(13)25-3)10-19-17(22)21-18-20-12-6-4-5-7-15(12)26-18/h4-9H,10H2,1-3H3,(H2,19,20,21,22). The fourth-order valence-corrected chi connectivity index (χ4v) is 3.35. The van der Waals surface area contributed by atoms with Gasteiger partial charge in [-0.15, -0.1) is 0 Å². The third kappa shape index (κ3) is 3.80. The molecule has 7 nitrogen and oxygen atoms in total. The normalized spacial score (nSPS) is 10.4. The first-order valence-electron chi connectivity index (χ1n) is 7.84. The second kappa shape index (κ2) is 7.92. The summed E-state index contributed by atoms with van der Waals surface area (Å²) in [7, 11) is 4.65. The summed E-state index contributed by atoms with van der Waals surface area (Å²) in [5, 5.41) is 6.10. The van der Waals surface area contributed by atoms with Gasteiger partial charge in [0.15, 0.2) is 16.6 Å². The van der Waals surface area contributed by atoms with Crippen LogP contribution in [0.4, 0.5) is 9.93 Å². The van der Waals surface area contributed by atoms with Crippen molar-refractivity contribution in [3.05, 3.63) is 42.0 Å². The van der Waals surface area contributed by atoms with Crippen LogP contribution in [0.2, 0.25) is 0 Å². The average molecular weight is 373 g/mol. The molecule has 26 heavy (non-hydrogen) atoms. The fourth-order valence-electron chi connectivity index (χ4n) is 2.49. The number of thiazole rings is 1. The number of nitrogens with zero attached hydrogens (tertiary/aromatic N) is 1. The van der Waals surface area contributed by atoms with E-state index in [0.29, 0.717) is 28.9 Å². The van der Waals surface area contributed by atoms with Crippen LogP contribution in [0.1, 0.15) is 5.56 Å². The van der Waals surface area contributed by atoms with Gasteiger partial charge in [0.2, 0.25) is 5.75 Å². The van der Waals surface area contributed by atoms with E-state index in [4.69, 9.17) is 14.2 Å². The zero-order valence-corrected chi connectivity index (χ0v) is 15.5. The van der Waals surface area contributed by atoms with Gasteiger partial charge in [-0.2, -0.15) is 0 Å². The molecule has 0 aliphatic carbocycles. The number of amides is 2. The molecule has 0 aliphatic rings. The number of urea groups is 1. The van der Waals surface area contributed by atoms with E-state index in [9.17, 15) is 4.79 Å². The number of fused-ring (bicyclic) bond motifs is 1. The summed E-state index contributed by atoms with van der Waals surface area (Å²) in [6, 6.07) is 11.0. The van der Waals surface area contributed by atoms with Crippen molar-refractivity contribution in [3.8, 4) is 17.2 Å². The van der Waals surface area contributed by atoms with Crippen molar-refractivity contribution in [2.45, 2.75) is 6.54 Å². The van der Waals surface area contributed by atoms with E-state index >= 15 is 0 Å². The van der Waals surface area contributed by atoms with Gasteiger partial charge in [0.05, 0.1) is 31.5 Å². The Bertz CT molecular complexity index is 868. The largest absolute Gasteiger partial charge is 0.493 e. The third-order valence-electron chi connectivity index (χ3n) is 3.69. The Labute approximate surface area is 154 Å². The van der Waals surface area contributed by atoms with Gasteiger partial charge in [0.25, 0.3) is 0 Å². The highest BCUT2D eigenvalue weighted by Crippen LogP contribution is 2.38. The fraction of sp³-hybridized carbons (Fsp3) is 0.222. The summed E-state index contributed by atoms with van der Waals surface area (Å²) in [5.41, 5.74) is 1.68. The molecule has 0 aliphatic heterocycles. The van der Waals surface area contributed by atoms with Crippen molar-refractivity contribution in [1.29, 1.82) is 0 Å². The van der Waals surface area contributed by atoms with Gasteiger partial charge in [0.1, 0.15) is 0 Å². The van der Waals surface area contributed by atoms with Crippen molar-refractivity contribution < 1.29 is 19.0 Å². The lowest BCUT2D eigenvalue weighted by atomic mass is 10.2. The van der Waals surface area contributed by atoms with Gasteiger partial charge in [-0.3, -0.25) is 5.32 Å². The smallest absolute Gasteiger partial charge is 0.321 e. The Morgan fingerprint density at radius 3 is 2.38 bits per heavy atom. The van der Waals surface area contributed by atoms with E-state index in [0.717, 1.165) is 15.8 Å². The number of aromatic nitrogens is 1. The minimum atomic E-state index is -0.335. The number of carbonyl (C=O) groups excluding carboxylic acids is 1. The molecule has 0 unspecified atom stereocenters. The first kappa shape index (κ1) is 17.8. The number of para-hydroxylation sites is 1. The van der Waals surface area contributed by atoms with E-state index < -0.39 is 0 Å². The summed E-state index contributed by atoms with van der Waals surface area (Å²) in [4.78, 5) is 16.5. The molecular weight excluding hydrogens is 354 g/mol. The van der Waals surface area contributed by atoms with Gasteiger partial charge in [-0.05, 0) is 29.8 Å². The maximum absolute atomic E-state index is 12.2. The maximum Gasteiger partial charge on any atom is 0.321 e. The van der Waals surface area contributed by atoms with Gasteiger partial charge in [0, 0.05) is 6.54 Å². The van der Waals surface area contributed by atoms with E-state index in [1.165, 1.54) is 11.3 Å². The van der Waals surface area contributed by atoms with Gasteiger partial charge in [-0.1, -0.05) is 23.5 Å². The Kier molecular flexibility index (Phi) is 5.43. The average Bonchev–Trinajstić information content (AvgIpc) is 3.07. The lowest BCUT2D eigenvalue weighted by molar-refractivity contribution is 0.251. The molecule has 1 aromatic heterocycles. The summed E-state index contributed by atoms with van der Waals surface area (Å²) in [6.07, 6.45) is 0. The van der Waals surface area contributed by atoms with Crippen LogP contribution in [0, 0.1) is 0 Å². The second-order valence-corrected chi connectivity index (χ2v) is 6.36. The topological polar surface area (TPSA) is 81.7 Å².